The summed E-state index contributed by atoms with van der Waals surface area (Å²) in [6.45, 7) is 0.462. The highest BCUT2D eigenvalue weighted by atomic mass is 32.2. The van der Waals surface area contributed by atoms with Gasteiger partial charge in [0.1, 0.15) is 0 Å². The summed E-state index contributed by atoms with van der Waals surface area (Å²) in [5.41, 5.74) is 6.48. The van der Waals surface area contributed by atoms with Crippen molar-refractivity contribution in [3.8, 4) is 22.3 Å². The Labute approximate surface area is 179 Å². The fraction of sp³-hybridized carbons (Fsp3) is 0.0769. The molecule has 0 saturated carbocycles. The lowest BCUT2D eigenvalue weighted by Gasteiger charge is -2.07. The number of hydrogen-bond donors (Lipinski definition) is 0. The Morgan fingerprint density at radius 3 is 1.17 bits per heavy atom. The number of hydrogen-bond acceptors (Lipinski definition) is 3. The number of rotatable bonds is 8. The summed E-state index contributed by atoms with van der Waals surface area (Å²) in [5.74, 6) is 0. The van der Waals surface area contributed by atoms with E-state index in [2.05, 4.69) is 24.3 Å². The molecule has 0 aliphatic carbocycles. The van der Waals surface area contributed by atoms with Gasteiger partial charge in [-0.15, -0.1) is 0 Å². The van der Waals surface area contributed by atoms with Gasteiger partial charge in [0.25, 0.3) is 0 Å². The molecule has 0 aliphatic rings. The van der Waals surface area contributed by atoms with Crippen LogP contribution in [0.1, 0.15) is 11.1 Å². The largest absolute Gasteiger partial charge is 0.305 e. The smallest absolute Gasteiger partial charge is 0.264 e. The molecule has 3 nitrogen and oxygen atoms in total. The first-order chi connectivity index (χ1) is 14.8. The van der Waals surface area contributed by atoms with Crippen LogP contribution in [0.15, 0.2) is 109 Å². The highest BCUT2D eigenvalue weighted by Crippen LogP contribution is 2.21. The van der Waals surface area contributed by atoms with Crippen LogP contribution in [0.2, 0.25) is 0 Å². The van der Waals surface area contributed by atoms with E-state index in [0.29, 0.717) is 0 Å². The second-order valence-corrected chi connectivity index (χ2v) is 7.73. The molecule has 0 amide bonds. The van der Waals surface area contributed by atoms with Gasteiger partial charge in [0, 0.05) is 0 Å². The molecular weight excluding hydrogens is 392 g/mol. The van der Waals surface area contributed by atoms with Crippen molar-refractivity contribution in [2.75, 3.05) is 0 Å². The van der Waals surface area contributed by atoms with Gasteiger partial charge >= 0.3 is 11.4 Å². The lowest BCUT2D eigenvalue weighted by molar-refractivity contribution is 0.236. The van der Waals surface area contributed by atoms with Crippen LogP contribution in [-0.2, 0) is 32.9 Å². The predicted molar refractivity (Wildman–Crippen MR) is 121 cm³/mol. The minimum atomic E-state index is -1.80. The van der Waals surface area contributed by atoms with E-state index in [0.717, 1.165) is 33.4 Å². The second-order valence-electron chi connectivity index (χ2n) is 6.85. The van der Waals surface area contributed by atoms with Gasteiger partial charge in [-0.3, -0.25) is 8.37 Å². The first kappa shape index (κ1) is 20.2. The van der Waals surface area contributed by atoms with Crippen molar-refractivity contribution in [1.29, 1.82) is 0 Å². The van der Waals surface area contributed by atoms with Gasteiger partial charge in [-0.05, 0) is 33.4 Å². The van der Waals surface area contributed by atoms with Crippen molar-refractivity contribution < 1.29 is 12.6 Å². The summed E-state index contributed by atoms with van der Waals surface area (Å²) in [6, 6.07) is 36.4. The van der Waals surface area contributed by atoms with Crippen molar-refractivity contribution in [1.82, 2.24) is 0 Å². The molecule has 0 spiro atoms. The highest BCUT2D eigenvalue weighted by Gasteiger charge is 2.05. The van der Waals surface area contributed by atoms with Gasteiger partial charge in [-0.25, -0.2) is 0 Å². The van der Waals surface area contributed by atoms with Gasteiger partial charge < -0.3 is 0 Å². The van der Waals surface area contributed by atoms with Gasteiger partial charge in [0.15, 0.2) is 0 Å². The van der Waals surface area contributed by atoms with E-state index in [1.807, 2.05) is 84.9 Å². The van der Waals surface area contributed by atoms with E-state index >= 15 is 0 Å². The summed E-state index contributed by atoms with van der Waals surface area (Å²) in [7, 11) is 0. The zero-order valence-electron chi connectivity index (χ0n) is 16.4. The molecule has 0 atom stereocenters. The molecule has 0 radical (unpaired) electrons. The average molecular weight is 415 g/mol. The molecular formula is C26H22O3S. The zero-order chi connectivity index (χ0) is 20.6. The van der Waals surface area contributed by atoms with Crippen molar-refractivity contribution in [3.63, 3.8) is 0 Å². The third kappa shape index (κ3) is 5.51. The van der Waals surface area contributed by atoms with Crippen LogP contribution in [0.5, 0.6) is 0 Å². The maximum atomic E-state index is 12.0. The lowest BCUT2D eigenvalue weighted by Crippen LogP contribution is -2.03. The van der Waals surface area contributed by atoms with Crippen LogP contribution >= 0.6 is 0 Å². The molecule has 0 aliphatic heterocycles. The fourth-order valence-corrected chi connectivity index (χ4v) is 3.65. The third-order valence-corrected chi connectivity index (χ3v) is 5.39. The molecule has 0 N–H and O–H groups in total. The first-order valence-corrected chi connectivity index (χ1v) is 10.7. The van der Waals surface area contributed by atoms with E-state index in [-0.39, 0.29) is 13.2 Å². The normalized spacial score (nSPS) is 11.0. The quantitative estimate of drug-likeness (QED) is 0.338. The second kappa shape index (κ2) is 10.1. The van der Waals surface area contributed by atoms with Crippen molar-refractivity contribution in [2.45, 2.75) is 13.2 Å². The molecule has 4 aromatic rings. The van der Waals surface area contributed by atoms with Gasteiger partial charge in [0.2, 0.25) is 0 Å². The molecule has 150 valence electrons. The standard InChI is InChI=1S/C26H22O3S/c27-30(28-19-21-11-15-25(16-12-21)23-7-3-1-4-8-23)29-20-22-13-17-26(18-14-22)24-9-5-2-6-10-24/h1-18H,19-20H2. The monoisotopic (exact) mass is 414 g/mol. The van der Waals surface area contributed by atoms with Crippen molar-refractivity contribution in [2.24, 2.45) is 0 Å². The molecule has 0 unspecified atom stereocenters. The maximum Gasteiger partial charge on any atom is 0.305 e. The third-order valence-electron chi connectivity index (χ3n) is 4.77. The molecule has 0 heterocycles. The summed E-state index contributed by atoms with van der Waals surface area (Å²) < 4.78 is 22.7. The van der Waals surface area contributed by atoms with E-state index in [4.69, 9.17) is 8.37 Å². The Morgan fingerprint density at radius 1 is 0.467 bits per heavy atom. The zero-order valence-corrected chi connectivity index (χ0v) is 17.3. The van der Waals surface area contributed by atoms with Gasteiger partial charge in [0.05, 0.1) is 13.2 Å². The van der Waals surface area contributed by atoms with Crippen LogP contribution < -0.4 is 0 Å². The Balaban J connectivity index is 1.25. The Hall–Kier alpha value is -3.05. The maximum absolute atomic E-state index is 12.0. The summed E-state index contributed by atoms with van der Waals surface area (Å²) >= 11 is -1.80. The molecule has 0 saturated heterocycles. The minimum absolute atomic E-state index is 0.231. The lowest BCUT2D eigenvalue weighted by atomic mass is 10.0. The van der Waals surface area contributed by atoms with Gasteiger partial charge in [-0.1, -0.05) is 109 Å². The Kier molecular flexibility index (Phi) is 6.83. The Bertz CT molecular complexity index is 988. The number of benzene rings is 4. The van der Waals surface area contributed by atoms with E-state index in [9.17, 15) is 4.21 Å². The van der Waals surface area contributed by atoms with Gasteiger partial charge in [-0.2, -0.15) is 4.21 Å². The Morgan fingerprint density at radius 2 is 0.800 bits per heavy atom. The minimum Gasteiger partial charge on any atom is -0.264 e. The van der Waals surface area contributed by atoms with Crippen LogP contribution in [0.3, 0.4) is 0 Å². The van der Waals surface area contributed by atoms with E-state index in [1.54, 1.807) is 0 Å². The molecule has 30 heavy (non-hydrogen) atoms. The van der Waals surface area contributed by atoms with Crippen LogP contribution in [-0.4, -0.2) is 4.21 Å². The molecule has 0 bridgehead atoms. The van der Waals surface area contributed by atoms with Crippen LogP contribution in [0, 0.1) is 0 Å². The summed E-state index contributed by atoms with van der Waals surface area (Å²) in [4.78, 5) is 0. The fourth-order valence-electron chi connectivity index (χ4n) is 3.11. The topological polar surface area (TPSA) is 35.5 Å². The van der Waals surface area contributed by atoms with Crippen molar-refractivity contribution in [3.05, 3.63) is 120 Å². The molecule has 4 aromatic carbocycles. The summed E-state index contributed by atoms with van der Waals surface area (Å²) in [5, 5.41) is 0. The highest BCUT2D eigenvalue weighted by molar-refractivity contribution is 7.75. The molecule has 4 rings (SSSR count). The SMILES string of the molecule is O=S(OCc1ccc(-c2ccccc2)cc1)OCc1ccc(-c2ccccc2)cc1. The van der Waals surface area contributed by atoms with Crippen LogP contribution in [0.4, 0.5) is 0 Å². The van der Waals surface area contributed by atoms with Crippen molar-refractivity contribution >= 4 is 11.4 Å². The average Bonchev–Trinajstić information content (AvgIpc) is 2.83. The molecule has 4 heteroatoms. The first-order valence-electron chi connectivity index (χ1n) is 9.75. The summed E-state index contributed by atoms with van der Waals surface area (Å²) in [6.07, 6.45) is 0. The molecule has 0 fully saturated rings. The predicted octanol–water partition coefficient (Wildman–Crippen LogP) is 6.33. The van der Waals surface area contributed by atoms with Crippen LogP contribution in [0.25, 0.3) is 22.3 Å². The van der Waals surface area contributed by atoms with E-state index < -0.39 is 11.4 Å². The van der Waals surface area contributed by atoms with E-state index in [1.165, 1.54) is 0 Å². The molecule has 0 aromatic heterocycles.